The standard InChI is InChI=1S/Al.O.H3P.Ru/h;;1H3;/q+3;-2;;+3. The van der Waals surface area contributed by atoms with Crippen molar-refractivity contribution in [2.75, 3.05) is 0 Å². The Hall–Kier alpha value is 1.55. The molecule has 1 unspecified atom stereocenters. The molecule has 0 aliphatic heterocycles. The summed E-state index contributed by atoms with van der Waals surface area (Å²) < 4.78 is 0. The van der Waals surface area contributed by atoms with Crippen LogP contribution in [-0.4, -0.2) is 17.4 Å². The topological polar surface area (TPSA) is 28.5 Å². The van der Waals surface area contributed by atoms with Gasteiger partial charge in [-0.15, -0.1) is 0 Å². The first-order valence-corrected chi connectivity index (χ1v) is 0. The summed E-state index contributed by atoms with van der Waals surface area (Å²) in [6.45, 7) is 0. The molecular formula is H3AlOPRu+4. The van der Waals surface area contributed by atoms with E-state index in [2.05, 4.69) is 0 Å². The number of hydrogen-bond donors (Lipinski definition) is 0. The second kappa shape index (κ2) is 23.9. The molecular weight excluding hydrogens is 175 g/mol. The van der Waals surface area contributed by atoms with Crippen LogP contribution in [0.4, 0.5) is 0 Å². The molecule has 0 aliphatic rings. The SMILES string of the molecule is P.[Al+3].[O-2].[Ru+3]. The molecule has 0 rings (SSSR count). The summed E-state index contributed by atoms with van der Waals surface area (Å²) in [7, 11) is 0. The van der Waals surface area contributed by atoms with E-state index in [1.807, 2.05) is 0 Å². The summed E-state index contributed by atoms with van der Waals surface area (Å²) in [5.41, 5.74) is 0. The summed E-state index contributed by atoms with van der Waals surface area (Å²) in [6, 6.07) is 0. The van der Waals surface area contributed by atoms with Crippen LogP contribution in [0.15, 0.2) is 0 Å². The van der Waals surface area contributed by atoms with Crippen molar-refractivity contribution in [1.82, 2.24) is 0 Å². The van der Waals surface area contributed by atoms with Crippen molar-refractivity contribution >= 4 is 27.3 Å². The molecule has 4 heteroatoms. The Labute approximate surface area is 52.4 Å². The Balaban J connectivity index is 0. The molecule has 1 nitrogen and oxygen atoms in total. The second-order valence-corrected chi connectivity index (χ2v) is 0. The van der Waals surface area contributed by atoms with Crippen molar-refractivity contribution in [3.05, 3.63) is 0 Å². The zero-order valence-corrected chi connectivity index (χ0v) is 6.35. The first-order valence-electron chi connectivity index (χ1n) is 0. The summed E-state index contributed by atoms with van der Waals surface area (Å²) >= 11 is 0. The van der Waals surface area contributed by atoms with Crippen LogP contribution in [0.5, 0.6) is 0 Å². The van der Waals surface area contributed by atoms with Gasteiger partial charge in [-0.05, 0) is 0 Å². The van der Waals surface area contributed by atoms with Crippen molar-refractivity contribution in [2.24, 2.45) is 0 Å². The summed E-state index contributed by atoms with van der Waals surface area (Å²) in [6.07, 6.45) is 0. The predicted octanol–water partition coefficient (Wildman–Crippen LogP) is -0.444. The smallest absolute Gasteiger partial charge is 2.00 e. The van der Waals surface area contributed by atoms with Crippen molar-refractivity contribution in [1.29, 1.82) is 0 Å². The zero-order chi connectivity index (χ0) is 0. The molecule has 21 valence electrons. The third-order valence-corrected chi connectivity index (χ3v) is 0. The van der Waals surface area contributed by atoms with E-state index in [1.54, 1.807) is 0 Å². The molecule has 0 spiro atoms. The molecule has 1 radical (unpaired) electrons. The van der Waals surface area contributed by atoms with Gasteiger partial charge in [0.25, 0.3) is 0 Å². The van der Waals surface area contributed by atoms with Crippen LogP contribution in [0, 0.1) is 0 Å². The van der Waals surface area contributed by atoms with Gasteiger partial charge >= 0.3 is 36.8 Å². The van der Waals surface area contributed by atoms with Crippen LogP contribution < -0.4 is 0 Å². The quantitative estimate of drug-likeness (QED) is 0.355. The van der Waals surface area contributed by atoms with Gasteiger partial charge in [0.2, 0.25) is 0 Å². The Morgan fingerprint density at radius 1 is 1.00 bits per heavy atom. The van der Waals surface area contributed by atoms with Crippen LogP contribution in [0.1, 0.15) is 0 Å². The largest absolute Gasteiger partial charge is 3.00 e. The summed E-state index contributed by atoms with van der Waals surface area (Å²) in [4.78, 5) is 0. The number of hydrogen-bond acceptors (Lipinski definition) is 0. The Kier molecular flexibility index (Phi) is 287. The van der Waals surface area contributed by atoms with E-state index in [4.69, 9.17) is 0 Å². The van der Waals surface area contributed by atoms with E-state index < -0.39 is 0 Å². The fourth-order valence-electron chi connectivity index (χ4n) is 0. The minimum Gasteiger partial charge on any atom is -2.00 e. The first-order chi connectivity index (χ1) is 0. The molecule has 0 saturated heterocycles. The molecule has 1 atom stereocenters. The van der Waals surface area contributed by atoms with E-state index >= 15 is 0 Å². The zero-order valence-electron chi connectivity index (χ0n) is 2.05. The molecule has 0 bridgehead atoms. The summed E-state index contributed by atoms with van der Waals surface area (Å²) in [5, 5.41) is 0. The van der Waals surface area contributed by atoms with E-state index in [9.17, 15) is 0 Å². The Bertz CT molecular complexity index is 8.00. The molecule has 0 heterocycles. The molecule has 0 N–H and O–H groups in total. The van der Waals surface area contributed by atoms with Crippen LogP contribution in [0.25, 0.3) is 0 Å². The average Bonchev–Trinajstić information content (AvgIpc) is 0. The van der Waals surface area contributed by atoms with Crippen LogP contribution >= 0.6 is 9.90 Å². The van der Waals surface area contributed by atoms with Gasteiger partial charge in [-0.25, -0.2) is 0 Å². The van der Waals surface area contributed by atoms with Crippen molar-refractivity contribution in [3.8, 4) is 0 Å². The number of rotatable bonds is 0. The van der Waals surface area contributed by atoms with Crippen molar-refractivity contribution in [2.45, 2.75) is 0 Å². The van der Waals surface area contributed by atoms with E-state index in [1.165, 1.54) is 0 Å². The van der Waals surface area contributed by atoms with Crippen molar-refractivity contribution in [3.63, 3.8) is 0 Å². The van der Waals surface area contributed by atoms with Gasteiger partial charge < -0.3 is 5.48 Å². The van der Waals surface area contributed by atoms with Crippen LogP contribution in [0.3, 0.4) is 0 Å². The maximum Gasteiger partial charge on any atom is 3.00 e. The Morgan fingerprint density at radius 2 is 1.00 bits per heavy atom. The summed E-state index contributed by atoms with van der Waals surface area (Å²) in [5.74, 6) is 0. The predicted molar refractivity (Wildman–Crippen MR) is 17.5 cm³/mol. The normalized spacial score (nSPS) is 0. The van der Waals surface area contributed by atoms with Gasteiger partial charge in [0.15, 0.2) is 0 Å². The molecule has 0 fully saturated rings. The maximum atomic E-state index is 0. The molecule has 0 aromatic rings. The van der Waals surface area contributed by atoms with Crippen LogP contribution in [-0.2, 0) is 25.0 Å². The van der Waals surface area contributed by atoms with E-state index in [-0.39, 0.29) is 52.2 Å². The molecule has 0 saturated carbocycles. The van der Waals surface area contributed by atoms with E-state index in [0.717, 1.165) is 0 Å². The second-order valence-electron chi connectivity index (χ2n) is 0. The van der Waals surface area contributed by atoms with Crippen molar-refractivity contribution < 1.29 is 25.0 Å². The third kappa shape index (κ3) is 9.62. The fourth-order valence-corrected chi connectivity index (χ4v) is 0. The third-order valence-electron chi connectivity index (χ3n) is 0. The molecule has 0 aliphatic carbocycles. The van der Waals surface area contributed by atoms with Gasteiger partial charge in [0.1, 0.15) is 0 Å². The minimum absolute atomic E-state index is 0. The average molecular weight is 178 g/mol. The fraction of sp³-hybridized carbons (Fsp3) is 0. The maximum absolute atomic E-state index is 0. The van der Waals surface area contributed by atoms with Gasteiger partial charge in [0, 0.05) is 0 Å². The van der Waals surface area contributed by atoms with Gasteiger partial charge in [0.05, 0.1) is 0 Å². The minimum atomic E-state index is 0. The van der Waals surface area contributed by atoms with Gasteiger partial charge in [-0.1, -0.05) is 0 Å². The van der Waals surface area contributed by atoms with Gasteiger partial charge in [-0.2, -0.15) is 9.90 Å². The Morgan fingerprint density at radius 3 is 1.00 bits per heavy atom. The monoisotopic (exact) mass is 179 g/mol. The molecule has 0 aromatic heterocycles. The molecule has 0 amide bonds. The first kappa shape index (κ1) is 48.0. The van der Waals surface area contributed by atoms with E-state index in [0.29, 0.717) is 0 Å². The van der Waals surface area contributed by atoms with Crippen LogP contribution in [0.2, 0.25) is 0 Å². The van der Waals surface area contributed by atoms with Gasteiger partial charge in [-0.3, -0.25) is 0 Å². The molecule has 4 heavy (non-hydrogen) atoms. The molecule has 0 aromatic carbocycles.